The molecular weight excluding hydrogens is 1020 g/mol. The molecule has 0 radical (unpaired) electrons. The van der Waals surface area contributed by atoms with Gasteiger partial charge in [0.25, 0.3) is 27.7 Å². The molecule has 75 heavy (non-hydrogen) atoms. The highest BCUT2D eigenvalue weighted by atomic mass is 32.2. The van der Waals surface area contributed by atoms with Crippen LogP contribution in [0.4, 0.5) is 5.69 Å². The van der Waals surface area contributed by atoms with Crippen LogP contribution < -0.4 is 25.7 Å². The van der Waals surface area contributed by atoms with Gasteiger partial charge < -0.3 is 18.0 Å². The predicted molar refractivity (Wildman–Crippen MR) is 287 cm³/mol. The van der Waals surface area contributed by atoms with Crippen LogP contribution >= 0.6 is 11.3 Å². The van der Waals surface area contributed by atoms with Gasteiger partial charge in [0.05, 0.1) is 23.5 Å². The number of benzene rings is 4. The molecule has 0 saturated heterocycles. The first kappa shape index (κ1) is 55.6. The van der Waals surface area contributed by atoms with Crippen molar-refractivity contribution in [1.82, 2.24) is 20.6 Å². The van der Waals surface area contributed by atoms with Crippen molar-refractivity contribution in [3.63, 3.8) is 0 Å². The van der Waals surface area contributed by atoms with Gasteiger partial charge in [-0.2, -0.15) is 19.6 Å². The van der Waals surface area contributed by atoms with Crippen LogP contribution in [0.3, 0.4) is 0 Å². The quantitative estimate of drug-likeness (QED) is 0.0464. The van der Waals surface area contributed by atoms with Crippen molar-refractivity contribution >= 4 is 73.4 Å². The number of ether oxygens (including phenoxy) is 1. The molecule has 22 heteroatoms. The van der Waals surface area contributed by atoms with Gasteiger partial charge >= 0.3 is 0 Å². The summed E-state index contributed by atoms with van der Waals surface area (Å²) in [4.78, 5) is 36.4. The van der Waals surface area contributed by atoms with Gasteiger partial charge in [0.2, 0.25) is 10.0 Å². The van der Waals surface area contributed by atoms with Crippen molar-refractivity contribution < 1.29 is 49.2 Å². The molecule has 4 N–H and O–H groups in total. The molecule has 4 aromatic heterocycles. The number of hydrogen-bond donors (Lipinski definition) is 4. The summed E-state index contributed by atoms with van der Waals surface area (Å²) in [6, 6.07) is 42.0. The number of thiophene rings is 1. The fourth-order valence-electron chi connectivity index (χ4n) is 6.37. The number of hydrazone groups is 3. The molecule has 0 aliphatic rings. The summed E-state index contributed by atoms with van der Waals surface area (Å²) in [5.41, 5.74) is 8.57. The maximum absolute atomic E-state index is 12.5. The maximum atomic E-state index is 12.5. The number of carbonyl (C=O) groups is 3. The number of rotatable bonds is 18. The van der Waals surface area contributed by atoms with Crippen molar-refractivity contribution in [3.8, 4) is 11.5 Å². The first-order valence-electron chi connectivity index (χ1n) is 22.8. The van der Waals surface area contributed by atoms with Crippen molar-refractivity contribution in [2.45, 2.75) is 43.7 Å². The minimum absolute atomic E-state index is 0.0782. The molecule has 388 valence electrons. The standard InChI is InChI=1S/C19H16N2O3.C17H15N3O4S2.C17H21N3O4S/c1-14-10-11-18(23-14)13-20-21-19(22)15-6-5-9-17(12-15)24-16-7-3-2-4-8-16;1-12-4-9-15(24-12)11-18-19-17(21)13-5-7-14(8-6-13)20-26(22,23)16-3-2-10-25-16;1-4-20(5-2)25(22,23)16-8-6-7-14(11-16)17(21)19-18-12-15-10-9-13(3)24-15/h2-13H,1H3,(H,21,22);2-11,20H,1H3,(H,19,21);6-12H,4-5H2,1-3H3,(H,19,21)/b20-13+;18-11+;18-12+. The Hall–Kier alpha value is -8.70. The SMILES string of the molecule is CCN(CC)S(=O)(=O)c1cccc(C(=O)N/N=C/c2ccc(C)o2)c1.Cc1ccc(/C=N/NC(=O)c2ccc(NS(=O)(=O)c3cccs3)cc2)o1.Cc1ccc(/C=N/NC(=O)c2cccc(Oc3ccccc3)c2)o1. The number of nitrogens with zero attached hydrogens (tertiary/aromatic N) is 4. The van der Waals surface area contributed by atoms with Crippen molar-refractivity contribution in [1.29, 1.82) is 0 Å². The molecule has 19 nitrogen and oxygen atoms in total. The Bertz CT molecular complexity index is 3470. The molecule has 0 aliphatic heterocycles. The van der Waals surface area contributed by atoms with Crippen LogP contribution in [0.15, 0.2) is 195 Å². The second-order valence-corrected chi connectivity index (χ2v) is 20.4. The number of para-hydroxylation sites is 1. The lowest BCUT2D eigenvalue weighted by atomic mass is 10.2. The Labute approximate surface area is 437 Å². The summed E-state index contributed by atoms with van der Waals surface area (Å²) in [5.74, 6) is 3.93. The summed E-state index contributed by atoms with van der Waals surface area (Å²) in [6.45, 7) is 9.71. The molecule has 4 aromatic carbocycles. The number of nitrogens with one attached hydrogen (secondary N) is 4. The van der Waals surface area contributed by atoms with E-state index in [1.54, 1.807) is 86.8 Å². The molecule has 8 aromatic rings. The van der Waals surface area contributed by atoms with E-state index in [4.69, 9.17) is 18.0 Å². The highest BCUT2D eigenvalue weighted by Crippen LogP contribution is 2.23. The van der Waals surface area contributed by atoms with Gasteiger partial charge in [0.15, 0.2) is 0 Å². The van der Waals surface area contributed by atoms with Gasteiger partial charge in [0.1, 0.15) is 50.3 Å². The van der Waals surface area contributed by atoms with Crippen LogP contribution in [0.5, 0.6) is 11.5 Å². The summed E-state index contributed by atoms with van der Waals surface area (Å²) in [7, 11) is -7.23. The lowest BCUT2D eigenvalue weighted by Gasteiger charge is -2.18. The minimum atomic E-state index is -3.62. The van der Waals surface area contributed by atoms with Crippen LogP contribution in [0, 0.1) is 20.8 Å². The lowest BCUT2D eigenvalue weighted by molar-refractivity contribution is 0.0947. The third-order valence-corrected chi connectivity index (χ3v) is 14.9. The van der Waals surface area contributed by atoms with E-state index < -0.39 is 31.9 Å². The van der Waals surface area contributed by atoms with Crippen molar-refractivity contribution in [3.05, 3.63) is 208 Å². The highest BCUT2D eigenvalue weighted by Gasteiger charge is 2.23. The van der Waals surface area contributed by atoms with Crippen LogP contribution in [-0.2, 0) is 20.0 Å². The Kier molecular flexibility index (Phi) is 19.9. The molecule has 0 saturated carbocycles. The van der Waals surface area contributed by atoms with Gasteiger partial charge in [0, 0.05) is 35.5 Å². The van der Waals surface area contributed by atoms with E-state index in [1.807, 2.05) is 50.2 Å². The molecule has 0 unspecified atom stereocenters. The largest absolute Gasteiger partial charge is 0.460 e. The average Bonchev–Trinajstić information content (AvgIpc) is 4.26. The fraction of sp³-hybridized carbons (Fsp3) is 0.132. The smallest absolute Gasteiger partial charge is 0.271 e. The van der Waals surface area contributed by atoms with Crippen LogP contribution in [0.25, 0.3) is 0 Å². The molecule has 0 fully saturated rings. The number of furan rings is 3. The number of carbonyl (C=O) groups excluding carboxylic acids is 3. The number of amides is 3. The molecule has 0 spiro atoms. The second-order valence-electron chi connectivity index (χ2n) is 15.6. The Balaban J connectivity index is 0.000000183. The van der Waals surface area contributed by atoms with Gasteiger partial charge in [-0.15, -0.1) is 11.3 Å². The molecule has 4 heterocycles. The number of hydrogen-bond acceptors (Lipinski definition) is 15. The Morgan fingerprint density at radius 3 is 1.49 bits per heavy atom. The predicted octanol–water partition coefficient (Wildman–Crippen LogP) is 9.74. The maximum Gasteiger partial charge on any atom is 0.271 e. The lowest BCUT2D eigenvalue weighted by Crippen LogP contribution is -2.30. The summed E-state index contributed by atoms with van der Waals surface area (Å²) in [5, 5.41) is 13.2. The zero-order valence-electron chi connectivity index (χ0n) is 41.2. The van der Waals surface area contributed by atoms with Gasteiger partial charge in [-0.3, -0.25) is 19.1 Å². The number of aryl methyl sites for hydroxylation is 3. The van der Waals surface area contributed by atoms with E-state index in [9.17, 15) is 31.2 Å². The normalized spacial score (nSPS) is 11.4. The summed E-state index contributed by atoms with van der Waals surface area (Å²) < 4.78 is 75.0. The van der Waals surface area contributed by atoms with Crippen molar-refractivity contribution in [2.75, 3.05) is 17.8 Å². The molecule has 3 amide bonds. The average molecular weight is 1070 g/mol. The first-order chi connectivity index (χ1) is 36.0. The molecule has 0 atom stereocenters. The third kappa shape index (κ3) is 16.9. The fourth-order valence-corrected chi connectivity index (χ4v) is 9.93. The Morgan fingerprint density at radius 1 is 0.547 bits per heavy atom. The molecule has 0 bridgehead atoms. The molecular formula is C53H52N8O11S3. The topological polar surface area (TPSA) is 257 Å². The van der Waals surface area contributed by atoms with Gasteiger partial charge in [-0.05, 0) is 141 Å². The van der Waals surface area contributed by atoms with E-state index in [0.29, 0.717) is 58.7 Å². The van der Waals surface area contributed by atoms with Crippen molar-refractivity contribution in [2.24, 2.45) is 15.3 Å². The van der Waals surface area contributed by atoms with Gasteiger partial charge in [-0.1, -0.05) is 50.2 Å². The second kappa shape index (κ2) is 26.8. The number of anilines is 1. The molecule has 8 rings (SSSR count). The van der Waals surface area contributed by atoms with Crippen LogP contribution in [-0.4, -0.2) is 70.6 Å². The van der Waals surface area contributed by atoms with E-state index in [0.717, 1.165) is 28.6 Å². The van der Waals surface area contributed by atoms with Gasteiger partial charge in [-0.25, -0.2) is 33.1 Å². The highest BCUT2D eigenvalue weighted by molar-refractivity contribution is 7.94. The van der Waals surface area contributed by atoms with Crippen LogP contribution in [0.2, 0.25) is 0 Å². The Morgan fingerprint density at radius 2 is 1.03 bits per heavy atom. The monoisotopic (exact) mass is 1070 g/mol. The van der Waals surface area contributed by atoms with Crippen LogP contribution in [0.1, 0.15) is 79.5 Å². The first-order valence-corrected chi connectivity index (χ1v) is 26.6. The van der Waals surface area contributed by atoms with E-state index in [2.05, 4.69) is 36.3 Å². The zero-order valence-corrected chi connectivity index (χ0v) is 43.6. The van der Waals surface area contributed by atoms with E-state index in [1.165, 1.54) is 77.5 Å². The third-order valence-electron chi connectivity index (χ3n) is 10.0. The molecule has 0 aliphatic carbocycles. The van der Waals surface area contributed by atoms with E-state index in [-0.39, 0.29) is 20.6 Å². The number of sulfonamides is 2. The minimum Gasteiger partial charge on any atom is -0.460 e. The summed E-state index contributed by atoms with van der Waals surface area (Å²) in [6.07, 6.45) is 4.23. The zero-order chi connectivity index (χ0) is 53.8. The van der Waals surface area contributed by atoms with E-state index >= 15 is 0 Å². The summed E-state index contributed by atoms with van der Waals surface area (Å²) >= 11 is 1.13.